The van der Waals surface area contributed by atoms with Crippen LogP contribution in [0.25, 0.3) is 10.9 Å². The average molecular weight is 380 g/mol. The first kappa shape index (κ1) is 18.4. The smallest absolute Gasteiger partial charge is 0.267 e. The molecule has 1 aromatic heterocycles. The molecule has 1 aromatic carbocycles. The molecule has 2 aromatic rings. The van der Waals surface area contributed by atoms with Gasteiger partial charge in [0.1, 0.15) is 5.69 Å². The van der Waals surface area contributed by atoms with Gasteiger partial charge in [0.25, 0.3) is 5.91 Å². The van der Waals surface area contributed by atoms with Crippen molar-refractivity contribution in [1.29, 1.82) is 0 Å². The van der Waals surface area contributed by atoms with Gasteiger partial charge in [0.05, 0.1) is 12.1 Å². The van der Waals surface area contributed by atoms with Crippen LogP contribution in [0.3, 0.4) is 0 Å². The maximum absolute atomic E-state index is 11.9. The number of nitrogens with two attached hydrogens (primary N) is 1. The highest BCUT2D eigenvalue weighted by atomic mass is 16.2. The molecule has 0 spiro atoms. The molecule has 2 aliphatic heterocycles. The minimum Gasteiger partial charge on any atom is -0.371 e. The van der Waals surface area contributed by atoms with Crippen LogP contribution in [-0.4, -0.2) is 40.7 Å². The summed E-state index contributed by atoms with van der Waals surface area (Å²) in [5.41, 5.74) is 8.17. The molecule has 7 heteroatoms. The Morgan fingerprint density at radius 3 is 2.46 bits per heavy atom. The number of pyridine rings is 1. The number of aromatic nitrogens is 1. The Kier molecular flexibility index (Phi) is 4.75. The molecule has 0 radical (unpaired) electrons. The fourth-order valence-electron chi connectivity index (χ4n) is 3.97. The number of primary amides is 1. The number of carbonyl (C=O) groups excluding carboxylic acids is 3. The molecule has 3 heterocycles. The first-order chi connectivity index (χ1) is 13.4. The predicted octanol–water partition coefficient (Wildman–Crippen LogP) is 2.22. The largest absolute Gasteiger partial charge is 0.371 e. The van der Waals surface area contributed by atoms with Gasteiger partial charge in [0.2, 0.25) is 11.8 Å². The highest BCUT2D eigenvalue weighted by Crippen LogP contribution is 2.31. The van der Waals surface area contributed by atoms with E-state index in [-0.39, 0.29) is 36.9 Å². The summed E-state index contributed by atoms with van der Waals surface area (Å²) in [4.78, 5) is 43.6. The molecule has 2 fully saturated rings. The minimum absolute atomic E-state index is 0.146. The van der Waals surface area contributed by atoms with Gasteiger partial charge in [-0.2, -0.15) is 0 Å². The summed E-state index contributed by atoms with van der Waals surface area (Å²) in [6.45, 7) is 4.34. The number of imide groups is 1. The first-order valence-corrected chi connectivity index (χ1v) is 9.74. The number of hydrogen-bond donors (Lipinski definition) is 1. The molecule has 146 valence electrons. The zero-order chi connectivity index (χ0) is 19.8. The number of piperidine rings is 1. The number of rotatable bonds is 4. The zero-order valence-corrected chi connectivity index (χ0v) is 16.0. The second-order valence-electron chi connectivity index (χ2n) is 7.79. The van der Waals surface area contributed by atoms with Crippen molar-refractivity contribution >= 4 is 34.3 Å². The number of likely N-dealkylation sites (tertiary alicyclic amines) is 1. The Bertz CT molecular complexity index is 948. The van der Waals surface area contributed by atoms with Crippen molar-refractivity contribution in [2.24, 2.45) is 11.7 Å². The number of benzene rings is 1. The molecule has 2 N–H and O–H groups in total. The van der Waals surface area contributed by atoms with Gasteiger partial charge in [-0.25, -0.2) is 4.98 Å². The lowest BCUT2D eigenvalue weighted by molar-refractivity contribution is -0.139. The van der Waals surface area contributed by atoms with Gasteiger partial charge in [0, 0.05) is 37.0 Å². The molecular formula is C21H24N4O3. The van der Waals surface area contributed by atoms with Crippen LogP contribution in [0.15, 0.2) is 24.3 Å². The Morgan fingerprint density at radius 2 is 1.82 bits per heavy atom. The molecule has 2 aliphatic rings. The van der Waals surface area contributed by atoms with Crippen molar-refractivity contribution in [1.82, 2.24) is 9.88 Å². The Morgan fingerprint density at radius 1 is 1.14 bits per heavy atom. The van der Waals surface area contributed by atoms with Crippen LogP contribution in [-0.2, 0) is 16.1 Å². The monoisotopic (exact) mass is 380 g/mol. The Balaban J connectivity index is 1.72. The highest BCUT2D eigenvalue weighted by molar-refractivity contribution is 6.02. The van der Waals surface area contributed by atoms with Gasteiger partial charge in [0.15, 0.2) is 0 Å². The van der Waals surface area contributed by atoms with Crippen LogP contribution in [0.1, 0.15) is 48.7 Å². The lowest BCUT2D eigenvalue weighted by Crippen LogP contribution is -2.33. The normalized spacial score (nSPS) is 18.3. The molecule has 0 atom stereocenters. The number of amides is 3. The standard InChI is InChI=1S/C21H24N4O3/c1-13-6-8-24(9-7-13)18-11-17(21(22)28)23-16-10-14(2-3-15(16)18)12-25-19(26)4-5-20(25)27/h2-3,10-11,13H,4-9,12H2,1H3,(H2,22,28). The molecule has 0 saturated carbocycles. The predicted molar refractivity (Wildman–Crippen MR) is 106 cm³/mol. The third-order valence-corrected chi connectivity index (χ3v) is 5.72. The van der Waals surface area contributed by atoms with Gasteiger partial charge in [-0.15, -0.1) is 0 Å². The van der Waals surface area contributed by atoms with Crippen molar-refractivity contribution in [3.05, 3.63) is 35.5 Å². The molecule has 28 heavy (non-hydrogen) atoms. The summed E-state index contributed by atoms with van der Waals surface area (Å²) in [5, 5.41) is 0.947. The average Bonchev–Trinajstić information content (AvgIpc) is 2.99. The molecule has 3 amide bonds. The quantitative estimate of drug-likeness (QED) is 0.821. The fourth-order valence-corrected chi connectivity index (χ4v) is 3.97. The Labute approximate surface area is 163 Å². The van der Waals surface area contributed by atoms with E-state index in [1.54, 1.807) is 6.07 Å². The van der Waals surface area contributed by atoms with Crippen LogP contribution in [0, 0.1) is 5.92 Å². The molecule has 0 aliphatic carbocycles. The van der Waals surface area contributed by atoms with Crippen LogP contribution < -0.4 is 10.6 Å². The summed E-state index contributed by atoms with van der Waals surface area (Å²) in [5.74, 6) is -0.162. The highest BCUT2D eigenvalue weighted by Gasteiger charge is 2.29. The Hall–Kier alpha value is -2.96. The van der Waals surface area contributed by atoms with E-state index in [4.69, 9.17) is 5.73 Å². The van der Waals surface area contributed by atoms with E-state index >= 15 is 0 Å². The summed E-state index contributed by atoms with van der Waals surface area (Å²) in [6, 6.07) is 7.49. The van der Waals surface area contributed by atoms with Gasteiger partial charge in [-0.05, 0) is 36.5 Å². The molecular weight excluding hydrogens is 356 g/mol. The number of carbonyl (C=O) groups is 3. The van der Waals surface area contributed by atoms with Crippen molar-refractivity contribution in [2.75, 3.05) is 18.0 Å². The number of fused-ring (bicyclic) bond motifs is 1. The second-order valence-corrected chi connectivity index (χ2v) is 7.79. The van der Waals surface area contributed by atoms with E-state index in [2.05, 4.69) is 16.8 Å². The van der Waals surface area contributed by atoms with Crippen LogP contribution in [0.5, 0.6) is 0 Å². The maximum atomic E-state index is 11.9. The maximum Gasteiger partial charge on any atom is 0.267 e. The van der Waals surface area contributed by atoms with E-state index < -0.39 is 5.91 Å². The lowest BCUT2D eigenvalue weighted by atomic mass is 9.98. The van der Waals surface area contributed by atoms with Gasteiger partial charge in [-0.1, -0.05) is 19.1 Å². The van der Waals surface area contributed by atoms with Crippen molar-refractivity contribution in [3.63, 3.8) is 0 Å². The van der Waals surface area contributed by atoms with E-state index in [9.17, 15) is 14.4 Å². The fraction of sp³-hybridized carbons (Fsp3) is 0.429. The van der Waals surface area contributed by atoms with E-state index in [0.717, 1.165) is 42.6 Å². The van der Waals surface area contributed by atoms with E-state index in [0.29, 0.717) is 11.4 Å². The lowest BCUT2D eigenvalue weighted by Gasteiger charge is -2.33. The van der Waals surface area contributed by atoms with Crippen molar-refractivity contribution in [2.45, 2.75) is 39.2 Å². The molecule has 7 nitrogen and oxygen atoms in total. The van der Waals surface area contributed by atoms with Crippen LogP contribution >= 0.6 is 0 Å². The summed E-state index contributed by atoms with van der Waals surface area (Å²) in [7, 11) is 0. The van der Waals surface area contributed by atoms with Crippen molar-refractivity contribution < 1.29 is 14.4 Å². The molecule has 0 unspecified atom stereocenters. The SMILES string of the molecule is CC1CCN(c2cc(C(N)=O)nc3cc(CN4C(=O)CCC4=O)ccc23)CC1. The molecule has 4 rings (SSSR count). The summed E-state index contributed by atoms with van der Waals surface area (Å²) in [6.07, 6.45) is 2.75. The van der Waals surface area contributed by atoms with Crippen molar-refractivity contribution in [3.8, 4) is 0 Å². The second kappa shape index (κ2) is 7.22. The van der Waals surface area contributed by atoms with Crippen LogP contribution in [0.4, 0.5) is 5.69 Å². The molecule has 2 saturated heterocycles. The van der Waals surface area contributed by atoms with Crippen LogP contribution in [0.2, 0.25) is 0 Å². The van der Waals surface area contributed by atoms with Gasteiger partial charge in [-0.3, -0.25) is 19.3 Å². The third-order valence-electron chi connectivity index (χ3n) is 5.72. The third kappa shape index (κ3) is 3.44. The zero-order valence-electron chi connectivity index (χ0n) is 16.0. The number of nitrogens with zero attached hydrogens (tertiary/aromatic N) is 3. The van der Waals surface area contributed by atoms with Gasteiger partial charge >= 0.3 is 0 Å². The first-order valence-electron chi connectivity index (χ1n) is 9.74. The summed E-state index contributed by atoms with van der Waals surface area (Å²) >= 11 is 0. The number of hydrogen-bond acceptors (Lipinski definition) is 5. The van der Waals surface area contributed by atoms with E-state index in [1.807, 2.05) is 18.2 Å². The van der Waals surface area contributed by atoms with E-state index in [1.165, 1.54) is 4.90 Å². The molecule has 0 bridgehead atoms. The minimum atomic E-state index is -0.566. The van der Waals surface area contributed by atoms with Gasteiger partial charge < -0.3 is 10.6 Å². The summed E-state index contributed by atoms with van der Waals surface area (Å²) < 4.78 is 0. The number of anilines is 1. The topological polar surface area (TPSA) is 96.6 Å².